The van der Waals surface area contributed by atoms with Crippen molar-refractivity contribution in [3.05, 3.63) is 0 Å². The monoisotopic (exact) mass is 292 g/mol. The quantitative estimate of drug-likeness (QED) is 0.339. The number of fused-ring (bicyclic) bond motifs is 1. The van der Waals surface area contributed by atoms with Gasteiger partial charge in [0.1, 0.15) is 17.5 Å². The molecule has 2 aliphatic rings. The third-order valence-corrected chi connectivity index (χ3v) is 4.79. The van der Waals surface area contributed by atoms with Crippen molar-refractivity contribution in [2.45, 2.75) is 36.1 Å². The van der Waals surface area contributed by atoms with Crippen molar-refractivity contribution in [3.8, 4) is 0 Å². The highest BCUT2D eigenvalue weighted by Crippen LogP contribution is 2.50. The average Bonchev–Trinajstić information content (AvgIpc) is 2.55. The molecule has 2 amide bonds. The number of nitrogens with zero attached hydrogens (tertiary/aromatic N) is 1. The molecule has 0 saturated carbocycles. The molecule has 2 heterocycles. The molecule has 2 aliphatic heterocycles. The highest BCUT2D eigenvalue weighted by molar-refractivity contribution is 8.01. The Morgan fingerprint density at radius 1 is 1.67 bits per heavy atom. The van der Waals surface area contributed by atoms with Crippen molar-refractivity contribution in [3.63, 3.8) is 0 Å². The second-order valence-electron chi connectivity index (χ2n) is 4.59. The lowest BCUT2D eigenvalue weighted by molar-refractivity contribution is -0.162. The number of esters is 1. The maximum absolute atomic E-state index is 11.9. The van der Waals surface area contributed by atoms with E-state index in [1.54, 1.807) is 0 Å². The fraction of sp³-hybridized carbons (Fsp3) is 0.700. The second-order valence-corrected chi connectivity index (χ2v) is 6.58. The van der Waals surface area contributed by atoms with Crippen LogP contribution in [0.1, 0.15) is 13.8 Å². The summed E-state index contributed by atoms with van der Waals surface area (Å²) < 4.78 is 4.32. The van der Waals surface area contributed by atoms with Gasteiger partial charge in [-0.2, -0.15) is 0 Å². The number of ether oxygens (including phenoxy) is 1. The summed E-state index contributed by atoms with van der Waals surface area (Å²) in [4.78, 5) is 35.6. The number of rotatable bonds is 4. The first kappa shape index (κ1) is 13.5. The fourth-order valence-electron chi connectivity index (χ4n) is 2.35. The van der Waals surface area contributed by atoms with E-state index in [2.05, 4.69) is 5.32 Å². The smallest absolute Gasteiger partial charge is 0.331 e. The van der Waals surface area contributed by atoms with Crippen molar-refractivity contribution >= 4 is 41.6 Å². The molecule has 0 aromatic heterocycles. The van der Waals surface area contributed by atoms with E-state index in [9.17, 15) is 14.4 Å². The first-order chi connectivity index (χ1) is 8.44. The topological polar surface area (TPSA) is 75.7 Å². The third-order valence-electron chi connectivity index (χ3n) is 3.11. The van der Waals surface area contributed by atoms with E-state index < -0.39 is 22.8 Å². The van der Waals surface area contributed by atoms with Crippen LogP contribution < -0.4 is 5.32 Å². The summed E-state index contributed by atoms with van der Waals surface area (Å²) in [6.45, 7) is 3.72. The number of carbonyl (C=O) groups is 3. The number of hydrogen-bond acceptors (Lipinski definition) is 5. The Bertz CT molecular complexity index is 403. The maximum atomic E-state index is 11.9. The van der Waals surface area contributed by atoms with E-state index in [0.717, 1.165) is 0 Å². The van der Waals surface area contributed by atoms with Gasteiger partial charge < -0.3 is 15.0 Å². The highest BCUT2D eigenvalue weighted by atomic mass is 35.5. The molecule has 6 nitrogen and oxygen atoms in total. The third kappa shape index (κ3) is 1.85. The van der Waals surface area contributed by atoms with Crippen LogP contribution in [0.5, 0.6) is 0 Å². The molecular weight excluding hydrogens is 280 g/mol. The lowest BCUT2D eigenvalue weighted by Crippen LogP contribution is -2.69. The van der Waals surface area contributed by atoms with Gasteiger partial charge in [0.25, 0.3) is 0 Å². The second kappa shape index (κ2) is 4.62. The van der Waals surface area contributed by atoms with Crippen molar-refractivity contribution in [2.24, 2.45) is 0 Å². The van der Waals surface area contributed by atoms with Crippen LogP contribution in [-0.2, 0) is 19.1 Å². The van der Waals surface area contributed by atoms with Gasteiger partial charge in [-0.25, -0.2) is 4.79 Å². The van der Waals surface area contributed by atoms with E-state index in [-0.39, 0.29) is 17.3 Å². The predicted molar refractivity (Wildman–Crippen MR) is 65.9 cm³/mol. The summed E-state index contributed by atoms with van der Waals surface area (Å²) in [6, 6.07) is -1.46. The minimum atomic E-state index is -0.663. The largest absolute Gasteiger partial charge is 0.448 e. The van der Waals surface area contributed by atoms with Crippen LogP contribution in [-0.4, -0.2) is 51.5 Å². The molecule has 0 aromatic carbocycles. The standard InChI is InChI=1S/C10H13ClN2O4S/c1-10(2)6(9(16)17-3-11)13-7(15)5(12-4-14)8(13)18-10/h4-6,8H,3H2,1-2H3,(H,12,14)/t5-,6+,8-/m1/s1. The molecule has 100 valence electrons. The van der Waals surface area contributed by atoms with Gasteiger partial charge in [-0.05, 0) is 13.8 Å². The number of amides is 2. The summed E-state index contributed by atoms with van der Waals surface area (Å²) in [5, 5.41) is 2.24. The number of thioether (sulfide) groups is 1. The zero-order valence-corrected chi connectivity index (χ0v) is 11.5. The first-order valence-electron chi connectivity index (χ1n) is 5.36. The number of hydrogen-bond donors (Lipinski definition) is 1. The lowest BCUT2D eigenvalue weighted by Gasteiger charge is -2.43. The molecule has 0 unspecified atom stereocenters. The van der Waals surface area contributed by atoms with Crippen molar-refractivity contribution in [1.82, 2.24) is 10.2 Å². The average molecular weight is 293 g/mol. The summed E-state index contributed by atoms with van der Waals surface area (Å²) in [7, 11) is 0. The molecule has 8 heteroatoms. The molecule has 3 atom stereocenters. The molecule has 0 aliphatic carbocycles. The van der Waals surface area contributed by atoms with Crippen LogP contribution in [0.4, 0.5) is 0 Å². The molecule has 2 fully saturated rings. The van der Waals surface area contributed by atoms with Crippen LogP contribution >= 0.6 is 23.4 Å². The van der Waals surface area contributed by atoms with Crippen LogP contribution in [0, 0.1) is 0 Å². The molecule has 0 aromatic rings. The first-order valence-corrected chi connectivity index (χ1v) is 6.77. The number of halogens is 1. The normalized spacial score (nSPS) is 32.5. The minimum Gasteiger partial charge on any atom is -0.448 e. The summed E-state index contributed by atoms with van der Waals surface area (Å²) in [5.41, 5.74) is 0. The molecule has 0 spiro atoms. The Morgan fingerprint density at radius 3 is 2.89 bits per heavy atom. The van der Waals surface area contributed by atoms with Crippen molar-refractivity contribution < 1.29 is 19.1 Å². The molecule has 2 saturated heterocycles. The number of alkyl halides is 1. The SMILES string of the molecule is CC1(C)S[C@@H]2[C@H](NC=O)C(=O)N2[C@H]1C(=O)OCCl. The Morgan fingerprint density at radius 2 is 2.33 bits per heavy atom. The lowest BCUT2D eigenvalue weighted by atomic mass is 9.96. The summed E-state index contributed by atoms with van der Waals surface area (Å²) >= 11 is 6.84. The minimum absolute atomic E-state index is 0.217. The van der Waals surface area contributed by atoms with Crippen LogP contribution in [0.2, 0.25) is 0 Å². The van der Waals surface area contributed by atoms with Gasteiger partial charge in [-0.1, -0.05) is 11.6 Å². The number of β-lactam (4-membered cyclic amide) rings is 1. The van der Waals surface area contributed by atoms with Gasteiger partial charge in [0.2, 0.25) is 12.3 Å². The van der Waals surface area contributed by atoms with E-state index in [1.807, 2.05) is 13.8 Å². The molecule has 2 rings (SSSR count). The maximum Gasteiger partial charge on any atom is 0.331 e. The van der Waals surface area contributed by atoms with Crippen LogP contribution in [0.15, 0.2) is 0 Å². The number of nitrogens with one attached hydrogen (secondary N) is 1. The van der Waals surface area contributed by atoms with E-state index in [1.165, 1.54) is 16.7 Å². The highest BCUT2D eigenvalue weighted by Gasteiger charge is 2.64. The summed E-state index contributed by atoms with van der Waals surface area (Å²) in [6.07, 6.45) is 0.498. The van der Waals surface area contributed by atoms with Gasteiger partial charge in [0, 0.05) is 4.75 Å². The Kier molecular flexibility index (Phi) is 3.46. The molecule has 0 bridgehead atoms. The zero-order valence-electron chi connectivity index (χ0n) is 9.88. The molecule has 0 radical (unpaired) electrons. The molecule has 18 heavy (non-hydrogen) atoms. The van der Waals surface area contributed by atoms with Crippen molar-refractivity contribution in [2.75, 3.05) is 6.07 Å². The predicted octanol–water partition coefficient (Wildman–Crippen LogP) is -0.0972. The van der Waals surface area contributed by atoms with E-state index in [0.29, 0.717) is 6.41 Å². The van der Waals surface area contributed by atoms with Crippen LogP contribution in [0.3, 0.4) is 0 Å². The Balaban J connectivity index is 2.19. The van der Waals surface area contributed by atoms with E-state index in [4.69, 9.17) is 16.3 Å². The Hall–Kier alpha value is -0.950. The van der Waals surface area contributed by atoms with Gasteiger partial charge in [-0.15, -0.1) is 11.8 Å². The summed E-state index contributed by atoms with van der Waals surface area (Å²) in [5.74, 6) is -0.774. The van der Waals surface area contributed by atoms with Gasteiger partial charge >= 0.3 is 5.97 Å². The van der Waals surface area contributed by atoms with Gasteiger partial charge in [0.15, 0.2) is 6.07 Å². The van der Waals surface area contributed by atoms with Gasteiger partial charge in [-0.3, -0.25) is 9.59 Å². The molecule has 1 N–H and O–H groups in total. The zero-order chi connectivity index (χ0) is 13.5. The van der Waals surface area contributed by atoms with Crippen LogP contribution in [0.25, 0.3) is 0 Å². The Labute approximate surface area is 113 Å². The van der Waals surface area contributed by atoms with E-state index >= 15 is 0 Å². The van der Waals surface area contributed by atoms with Crippen molar-refractivity contribution in [1.29, 1.82) is 0 Å². The number of carbonyl (C=O) groups excluding carboxylic acids is 3. The fourth-order valence-corrected chi connectivity index (χ4v) is 4.09. The van der Waals surface area contributed by atoms with Gasteiger partial charge in [0.05, 0.1) is 0 Å². The molecular formula is C10H13ClN2O4S.